The van der Waals surface area contributed by atoms with E-state index in [2.05, 4.69) is 99.0 Å². The van der Waals surface area contributed by atoms with Gasteiger partial charge in [0.1, 0.15) is 11.6 Å². The zero-order chi connectivity index (χ0) is 33.6. The fourth-order valence-electron chi connectivity index (χ4n) is 7.48. The second-order valence-corrected chi connectivity index (χ2v) is 15.3. The van der Waals surface area contributed by atoms with E-state index in [1.165, 1.54) is 114 Å². The molecule has 3 aliphatic heterocycles. The monoisotopic (exact) mass is 640 g/mol. The van der Waals surface area contributed by atoms with Gasteiger partial charge in [-0.25, -0.2) is 9.97 Å². The molecule has 4 unspecified atom stereocenters. The van der Waals surface area contributed by atoms with Crippen molar-refractivity contribution in [3.63, 3.8) is 0 Å². The molecule has 1 N–H and O–H groups in total. The van der Waals surface area contributed by atoms with Gasteiger partial charge in [0.2, 0.25) is 0 Å². The Kier molecular flexibility index (Phi) is 16.8. The first-order chi connectivity index (χ1) is 22.1. The third kappa shape index (κ3) is 11.2. The van der Waals surface area contributed by atoms with Crippen molar-refractivity contribution in [2.45, 2.75) is 146 Å². The molecule has 4 atom stereocenters. The quantitative estimate of drug-likeness (QED) is 0.258. The first-order valence-corrected chi connectivity index (χ1v) is 19.3. The van der Waals surface area contributed by atoms with Crippen molar-refractivity contribution in [1.82, 2.24) is 34.2 Å². The van der Waals surface area contributed by atoms with Gasteiger partial charge in [0.05, 0.1) is 6.54 Å². The van der Waals surface area contributed by atoms with Crippen molar-refractivity contribution < 1.29 is 0 Å². The smallest absolute Gasteiger partial charge is 0.123 e. The Morgan fingerprint density at radius 3 is 1.87 bits per heavy atom. The molecule has 0 amide bonds. The van der Waals surface area contributed by atoms with Crippen LogP contribution in [0.3, 0.4) is 0 Å². The van der Waals surface area contributed by atoms with Crippen LogP contribution in [0.15, 0.2) is 12.4 Å². The third-order valence-corrected chi connectivity index (χ3v) is 11.2. The molecule has 0 bridgehead atoms. The molecule has 5 rings (SSSR count). The summed E-state index contributed by atoms with van der Waals surface area (Å²) in [5.74, 6) is 6.71. The fraction of sp³-hybridized carbons (Fsp3) is 0.846. The lowest BCUT2D eigenvalue weighted by Crippen LogP contribution is -2.48. The van der Waals surface area contributed by atoms with Crippen LogP contribution in [0, 0.1) is 29.6 Å². The van der Waals surface area contributed by atoms with Crippen LogP contribution >= 0.6 is 0 Å². The van der Waals surface area contributed by atoms with Crippen LogP contribution in [-0.4, -0.2) is 74.7 Å². The number of imidazole rings is 2. The topological polar surface area (TPSA) is 54.2 Å². The summed E-state index contributed by atoms with van der Waals surface area (Å²) in [5.41, 5.74) is 2.94. The Hall–Kier alpha value is -1.70. The van der Waals surface area contributed by atoms with Crippen LogP contribution in [0.2, 0.25) is 0 Å². The second-order valence-electron chi connectivity index (χ2n) is 15.3. The van der Waals surface area contributed by atoms with Gasteiger partial charge in [0.15, 0.2) is 0 Å². The third-order valence-electron chi connectivity index (χ3n) is 11.2. The van der Waals surface area contributed by atoms with E-state index in [0.29, 0.717) is 6.04 Å². The summed E-state index contributed by atoms with van der Waals surface area (Å²) in [6, 6.07) is 0.675. The Morgan fingerprint density at radius 1 is 0.761 bits per heavy atom. The molecule has 0 aliphatic carbocycles. The summed E-state index contributed by atoms with van der Waals surface area (Å²) in [5, 5.41) is 3.27. The van der Waals surface area contributed by atoms with E-state index in [-0.39, 0.29) is 0 Å². The first kappa shape index (κ1) is 38.7. The number of aromatic nitrogens is 4. The number of piperazine rings is 1. The minimum absolute atomic E-state index is 0.675. The van der Waals surface area contributed by atoms with Crippen LogP contribution in [0.25, 0.3) is 0 Å². The highest BCUT2D eigenvalue weighted by Crippen LogP contribution is 2.30. The molecular formula is C39H73N7. The van der Waals surface area contributed by atoms with Crippen LogP contribution in [-0.2, 0) is 38.9 Å². The van der Waals surface area contributed by atoms with Gasteiger partial charge in [-0.1, -0.05) is 67.7 Å². The van der Waals surface area contributed by atoms with E-state index in [1.54, 1.807) is 0 Å². The molecule has 46 heavy (non-hydrogen) atoms. The van der Waals surface area contributed by atoms with Gasteiger partial charge in [0.25, 0.3) is 0 Å². The fourth-order valence-corrected chi connectivity index (χ4v) is 7.48. The highest BCUT2D eigenvalue weighted by Gasteiger charge is 2.27. The van der Waals surface area contributed by atoms with Crippen LogP contribution in [0.1, 0.15) is 124 Å². The summed E-state index contributed by atoms with van der Waals surface area (Å²) in [6.45, 7) is 29.8. The molecular weight excluding hydrogens is 566 g/mol. The van der Waals surface area contributed by atoms with Gasteiger partial charge in [-0.05, 0) is 89.1 Å². The first-order valence-electron chi connectivity index (χ1n) is 19.3. The largest absolute Gasteiger partial charge is 0.332 e. The number of hydrogen-bond acceptors (Lipinski definition) is 5. The second kappa shape index (κ2) is 20.0. The van der Waals surface area contributed by atoms with Gasteiger partial charge >= 0.3 is 0 Å². The maximum atomic E-state index is 4.76. The van der Waals surface area contributed by atoms with E-state index in [9.17, 15) is 0 Å². The molecule has 0 spiro atoms. The van der Waals surface area contributed by atoms with Crippen molar-refractivity contribution in [3.8, 4) is 0 Å². The van der Waals surface area contributed by atoms with Gasteiger partial charge in [0, 0.05) is 75.5 Å². The normalized spacial score (nSPS) is 21.6. The lowest BCUT2D eigenvalue weighted by atomic mass is 9.83. The number of nitrogens with one attached hydrogen (secondary N) is 1. The molecule has 264 valence electrons. The maximum Gasteiger partial charge on any atom is 0.123 e. The molecule has 7 nitrogen and oxygen atoms in total. The molecule has 1 saturated heterocycles. The van der Waals surface area contributed by atoms with E-state index >= 15 is 0 Å². The molecule has 0 saturated carbocycles. The van der Waals surface area contributed by atoms with Gasteiger partial charge in [-0.3, -0.25) is 9.80 Å². The Balaban J connectivity index is 0.000000231. The van der Waals surface area contributed by atoms with Crippen LogP contribution < -0.4 is 5.32 Å². The van der Waals surface area contributed by atoms with Crippen molar-refractivity contribution in [2.75, 3.05) is 39.8 Å². The summed E-state index contributed by atoms with van der Waals surface area (Å²) >= 11 is 0. The van der Waals surface area contributed by atoms with Gasteiger partial charge in [-0.15, -0.1) is 0 Å². The summed E-state index contributed by atoms with van der Waals surface area (Å²) in [6.07, 6.45) is 15.6. The molecule has 1 fully saturated rings. The van der Waals surface area contributed by atoms with Gasteiger partial charge < -0.3 is 14.5 Å². The number of hydrogen-bond donors (Lipinski definition) is 1. The van der Waals surface area contributed by atoms with E-state index in [1.807, 2.05) is 7.05 Å². The zero-order valence-corrected chi connectivity index (χ0v) is 31.8. The molecule has 2 aromatic heterocycles. The molecule has 5 heterocycles. The predicted molar refractivity (Wildman–Crippen MR) is 196 cm³/mol. The lowest BCUT2D eigenvalue weighted by Gasteiger charge is -2.37. The van der Waals surface area contributed by atoms with Gasteiger partial charge in [-0.2, -0.15) is 0 Å². The van der Waals surface area contributed by atoms with Crippen LogP contribution in [0.5, 0.6) is 0 Å². The van der Waals surface area contributed by atoms with E-state index in [4.69, 9.17) is 9.97 Å². The van der Waals surface area contributed by atoms with Crippen LogP contribution in [0.4, 0.5) is 0 Å². The standard InChI is InChI=1S/C18H32N4.C18H33N3.C3H8/c1-14(2)16-5-6-22-17(11-16)12-19-18(22)13-20-7-9-21(10-8-20)15(3)4;1-5-14(3)16-8-10-21-17(12-16)13-20-18(21)11-15(6-2)7-9-19-4;1-3-2/h12,14-16H,5-11,13H2,1-4H3;13-16,19H,5-12H2,1-4H3;3H2,1-2H3. The Bertz CT molecular complexity index is 1090. The summed E-state index contributed by atoms with van der Waals surface area (Å²) in [7, 11) is 2.04. The Morgan fingerprint density at radius 2 is 1.33 bits per heavy atom. The molecule has 0 radical (unpaired) electrons. The summed E-state index contributed by atoms with van der Waals surface area (Å²) < 4.78 is 5.01. The number of nitrogens with zero attached hydrogens (tertiary/aromatic N) is 6. The zero-order valence-electron chi connectivity index (χ0n) is 31.8. The van der Waals surface area contributed by atoms with Crippen molar-refractivity contribution in [3.05, 3.63) is 35.4 Å². The molecule has 0 aromatic carbocycles. The van der Waals surface area contributed by atoms with E-state index < -0.39 is 0 Å². The Labute approximate surface area is 284 Å². The summed E-state index contributed by atoms with van der Waals surface area (Å²) in [4.78, 5) is 14.6. The van der Waals surface area contributed by atoms with Crippen molar-refractivity contribution in [2.24, 2.45) is 29.6 Å². The highest BCUT2D eigenvalue weighted by molar-refractivity contribution is 5.11. The lowest BCUT2D eigenvalue weighted by molar-refractivity contribution is 0.101. The van der Waals surface area contributed by atoms with Crippen molar-refractivity contribution >= 4 is 0 Å². The highest BCUT2D eigenvalue weighted by atomic mass is 15.3. The van der Waals surface area contributed by atoms with E-state index in [0.717, 1.165) is 49.1 Å². The molecule has 3 aliphatic rings. The van der Waals surface area contributed by atoms with Crippen molar-refractivity contribution in [1.29, 1.82) is 0 Å². The predicted octanol–water partition coefficient (Wildman–Crippen LogP) is 7.71. The average molecular weight is 640 g/mol. The minimum Gasteiger partial charge on any atom is -0.332 e. The molecule has 2 aromatic rings. The minimum atomic E-state index is 0.675. The maximum absolute atomic E-state index is 4.76. The number of fused-ring (bicyclic) bond motifs is 2. The SMILES string of the molecule is CC(C)C1CCn2c(cnc2CN2CCN(C(C)C)CC2)C1.CCC.CCC(CCNC)Cc1ncc2n1CCC(C(C)CC)C2. The number of rotatable bonds is 12. The average Bonchev–Trinajstić information content (AvgIpc) is 3.66. The molecule has 7 heteroatoms.